The number of nitriles is 1. The van der Waals surface area contributed by atoms with E-state index >= 15 is 0 Å². The number of carboxylic acids is 1. The van der Waals surface area contributed by atoms with Gasteiger partial charge in [-0.1, -0.05) is 6.07 Å². The molecule has 0 aliphatic carbocycles. The number of rotatable bonds is 6. The zero-order chi connectivity index (χ0) is 21.1. The van der Waals surface area contributed by atoms with Gasteiger partial charge >= 0.3 is 5.97 Å². The Kier molecular flexibility index (Phi) is 5.32. The number of carbonyl (C=O) groups is 3. The number of anilines is 1. The fraction of sp³-hybridized carbons (Fsp3) is 0.143. The van der Waals surface area contributed by atoms with Gasteiger partial charge in [-0.15, -0.1) is 0 Å². The Morgan fingerprint density at radius 3 is 2.66 bits per heavy atom. The zero-order valence-electron chi connectivity index (χ0n) is 15.7. The molecule has 2 N–H and O–H groups in total. The summed E-state index contributed by atoms with van der Waals surface area (Å²) < 4.78 is 7.13. The number of hydrogen-bond acceptors (Lipinski definition) is 5. The molecule has 0 radical (unpaired) electrons. The second kappa shape index (κ2) is 7.86. The summed E-state index contributed by atoms with van der Waals surface area (Å²) in [6.45, 7) is 1.76. The fourth-order valence-electron chi connectivity index (χ4n) is 3.22. The van der Waals surface area contributed by atoms with Gasteiger partial charge in [-0.05, 0) is 37.3 Å². The molecule has 0 fully saturated rings. The third-order valence-electron chi connectivity index (χ3n) is 4.47. The number of benzene rings is 1. The van der Waals surface area contributed by atoms with E-state index in [4.69, 9.17) is 10.00 Å². The summed E-state index contributed by atoms with van der Waals surface area (Å²) in [5.74, 6) is -1.76. The molecule has 0 unspecified atom stereocenters. The molecule has 2 heterocycles. The van der Waals surface area contributed by atoms with E-state index in [1.807, 2.05) is 12.1 Å². The number of fused-ring (bicyclic) bond motifs is 1. The van der Waals surface area contributed by atoms with Crippen LogP contribution in [0.25, 0.3) is 5.52 Å². The Balaban J connectivity index is 2.09. The average molecular weight is 391 g/mol. The molecule has 8 nitrogen and oxygen atoms in total. The Labute approximate surface area is 165 Å². The van der Waals surface area contributed by atoms with E-state index in [2.05, 4.69) is 5.32 Å². The van der Waals surface area contributed by atoms with Gasteiger partial charge < -0.3 is 19.6 Å². The normalized spacial score (nSPS) is 10.4. The molecule has 0 spiro atoms. The lowest BCUT2D eigenvalue weighted by atomic mass is 10.0. The molecular weight excluding hydrogens is 374 g/mol. The van der Waals surface area contributed by atoms with Gasteiger partial charge in [0.05, 0.1) is 29.9 Å². The van der Waals surface area contributed by atoms with Gasteiger partial charge in [-0.25, -0.2) is 4.79 Å². The lowest BCUT2D eigenvalue weighted by Crippen LogP contribution is -2.15. The third-order valence-corrected chi connectivity index (χ3v) is 4.47. The van der Waals surface area contributed by atoms with E-state index in [0.29, 0.717) is 17.0 Å². The lowest BCUT2D eigenvalue weighted by Gasteiger charge is -2.10. The van der Waals surface area contributed by atoms with Crippen molar-refractivity contribution in [2.24, 2.45) is 0 Å². The first kappa shape index (κ1) is 19.6. The first-order valence-electron chi connectivity index (χ1n) is 8.61. The number of hydrogen-bond donors (Lipinski definition) is 2. The second-order valence-corrected chi connectivity index (χ2v) is 6.24. The van der Waals surface area contributed by atoms with Crippen LogP contribution in [0.2, 0.25) is 0 Å². The van der Waals surface area contributed by atoms with E-state index < -0.39 is 18.3 Å². The van der Waals surface area contributed by atoms with Gasteiger partial charge in [0.1, 0.15) is 17.9 Å². The molecule has 0 aliphatic rings. The van der Waals surface area contributed by atoms with Crippen LogP contribution in [0.3, 0.4) is 0 Å². The summed E-state index contributed by atoms with van der Waals surface area (Å²) in [5.41, 5.74) is 1.63. The molecule has 1 amide bonds. The highest BCUT2D eigenvalue weighted by Gasteiger charge is 2.24. The molecule has 29 heavy (non-hydrogen) atoms. The first-order chi connectivity index (χ1) is 13.9. The maximum atomic E-state index is 13.2. The number of ether oxygens (including phenoxy) is 1. The van der Waals surface area contributed by atoms with Crippen LogP contribution in [0.1, 0.15) is 38.4 Å². The highest BCUT2D eigenvalue weighted by Crippen LogP contribution is 2.32. The SMILES string of the molecule is COc1c(C)c(C(=O)c2ccc(NC(=O)CC#N)c(C(=O)O)c2)n2ccccc12. The minimum Gasteiger partial charge on any atom is -0.494 e. The van der Waals surface area contributed by atoms with Gasteiger partial charge in [-0.2, -0.15) is 5.26 Å². The minimum atomic E-state index is -1.30. The van der Waals surface area contributed by atoms with Crippen LogP contribution in [0.15, 0.2) is 42.6 Å². The van der Waals surface area contributed by atoms with Crippen molar-refractivity contribution in [3.63, 3.8) is 0 Å². The summed E-state index contributed by atoms with van der Waals surface area (Å²) in [5, 5.41) is 20.5. The van der Waals surface area contributed by atoms with E-state index in [0.717, 1.165) is 5.52 Å². The van der Waals surface area contributed by atoms with Crippen molar-refractivity contribution in [1.82, 2.24) is 4.40 Å². The molecule has 1 aromatic carbocycles. The molecule has 0 atom stereocenters. The molecular formula is C21H17N3O5. The fourth-order valence-corrected chi connectivity index (χ4v) is 3.22. The smallest absolute Gasteiger partial charge is 0.337 e. The van der Waals surface area contributed by atoms with E-state index in [9.17, 15) is 19.5 Å². The van der Waals surface area contributed by atoms with Gasteiger partial charge in [0.15, 0.2) is 0 Å². The standard InChI is InChI=1S/C21H17N3O5/c1-12-18(24-10-4-3-5-16(24)20(12)29-2)19(26)13-6-7-15(14(11-13)21(27)28)23-17(25)8-9-22/h3-7,10-11H,8H2,1-2H3,(H,23,25)(H,27,28). The van der Waals surface area contributed by atoms with Gasteiger partial charge in [0.2, 0.25) is 11.7 Å². The Hall–Kier alpha value is -4.12. The van der Waals surface area contributed by atoms with Crippen molar-refractivity contribution in [2.75, 3.05) is 12.4 Å². The van der Waals surface area contributed by atoms with Crippen molar-refractivity contribution in [2.45, 2.75) is 13.3 Å². The van der Waals surface area contributed by atoms with Crippen LogP contribution in [0, 0.1) is 18.3 Å². The van der Waals surface area contributed by atoms with Crippen LogP contribution in [-0.2, 0) is 4.79 Å². The average Bonchev–Trinajstić information content (AvgIpc) is 2.98. The van der Waals surface area contributed by atoms with Crippen molar-refractivity contribution >= 4 is 28.9 Å². The van der Waals surface area contributed by atoms with Crippen molar-refractivity contribution in [1.29, 1.82) is 5.26 Å². The molecule has 2 aromatic heterocycles. The van der Waals surface area contributed by atoms with Crippen LogP contribution < -0.4 is 10.1 Å². The molecule has 0 saturated carbocycles. The largest absolute Gasteiger partial charge is 0.494 e. The zero-order valence-corrected chi connectivity index (χ0v) is 15.7. The van der Waals surface area contributed by atoms with E-state index in [1.54, 1.807) is 29.7 Å². The number of methoxy groups -OCH3 is 1. The third kappa shape index (κ3) is 3.53. The van der Waals surface area contributed by atoms with E-state index in [-0.39, 0.29) is 22.6 Å². The van der Waals surface area contributed by atoms with Crippen LogP contribution in [0.5, 0.6) is 5.75 Å². The number of nitrogens with one attached hydrogen (secondary N) is 1. The second-order valence-electron chi connectivity index (χ2n) is 6.24. The number of carbonyl (C=O) groups excluding carboxylic acids is 2. The lowest BCUT2D eigenvalue weighted by molar-refractivity contribution is -0.115. The maximum Gasteiger partial charge on any atom is 0.337 e. The number of nitrogens with zero attached hydrogens (tertiary/aromatic N) is 2. The summed E-state index contributed by atoms with van der Waals surface area (Å²) in [6.07, 6.45) is 1.32. The summed E-state index contributed by atoms with van der Waals surface area (Å²) in [4.78, 5) is 36.5. The van der Waals surface area contributed by atoms with Gasteiger partial charge in [0.25, 0.3) is 0 Å². The quantitative estimate of drug-likeness (QED) is 0.623. The molecule has 0 saturated heterocycles. The Bertz CT molecular complexity index is 1190. The molecule has 3 rings (SSSR count). The van der Waals surface area contributed by atoms with Gasteiger partial charge in [0, 0.05) is 17.3 Å². The van der Waals surface area contributed by atoms with Crippen LogP contribution in [0.4, 0.5) is 5.69 Å². The summed E-state index contributed by atoms with van der Waals surface area (Å²) >= 11 is 0. The summed E-state index contributed by atoms with van der Waals surface area (Å²) in [7, 11) is 1.52. The highest BCUT2D eigenvalue weighted by molar-refractivity contribution is 6.12. The predicted octanol–water partition coefficient (Wildman–Crippen LogP) is 3.04. The number of amides is 1. The highest BCUT2D eigenvalue weighted by atomic mass is 16.5. The number of carboxylic acid groups (broad SMARTS) is 1. The molecule has 3 aromatic rings. The molecule has 0 aliphatic heterocycles. The van der Waals surface area contributed by atoms with Crippen molar-refractivity contribution in [3.05, 3.63) is 65.0 Å². The number of pyridine rings is 1. The van der Waals surface area contributed by atoms with Gasteiger partial charge in [-0.3, -0.25) is 9.59 Å². The number of aromatic carboxylic acids is 1. The minimum absolute atomic E-state index is 0.0172. The van der Waals surface area contributed by atoms with Crippen LogP contribution >= 0.6 is 0 Å². The first-order valence-corrected chi connectivity index (χ1v) is 8.61. The van der Waals surface area contributed by atoms with Crippen LogP contribution in [-0.4, -0.2) is 34.3 Å². The summed E-state index contributed by atoms with van der Waals surface area (Å²) in [6, 6.07) is 11.1. The monoisotopic (exact) mass is 391 g/mol. The predicted molar refractivity (Wildman–Crippen MR) is 104 cm³/mol. The Morgan fingerprint density at radius 1 is 1.24 bits per heavy atom. The molecule has 0 bridgehead atoms. The van der Waals surface area contributed by atoms with Crippen molar-refractivity contribution in [3.8, 4) is 11.8 Å². The molecule has 146 valence electrons. The van der Waals surface area contributed by atoms with Crippen molar-refractivity contribution < 1.29 is 24.2 Å². The number of ketones is 1. The molecule has 8 heteroatoms. The maximum absolute atomic E-state index is 13.2. The van der Waals surface area contributed by atoms with E-state index in [1.165, 1.54) is 25.3 Å². The topological polar surface area (TPSA) is 121 Å². The Morgan fingerprint density at radius 2 is 2.00 bits per heavy atom. The number of aromatic nitrogens is 1.